The maximum absolute atomic E-state index is 9.12. The van der Waals surface area contributed by atoms with E-state index in [0.717, 1.165) is 51.6 Å². The Hall–Kier alpha value is -1.24. The van der Waals surface area contributed by atoms with E-state index in [1.807, 2.05) is 6.92 Å². The number of aliphatic hydroxyl groups is 1. The van der Waals surface area contributed by atoms with Gasteiger partial charge < -0.3 is 14.4 Å². The monoisotopic (exact) mass is 376 g/mol. The average molecular weight is 377 g/mol. The quantitative estimate of drug-likeness (QED) is 0.737. The molecule has 0 amide bonds. The molecule has 3 rings (SSSR count). The number of aryl methyl sites for hydroxylation is 1. The zero-order chi connectivity index (χ0) is 19.4. The molecule has 0 bridgehead atoms. The Labute approximate surface area is 163 Å². The Balaban J connectivity index is 1.62. The van der Waals surface area contributed by atoms with E-state index in [9.17, 15) is 0 Å². The molecular weight excluding hydrogens is 340 g/mol. The summed E-state index contributed by atoms with van der Waals surface area (Å²) < 4.78 is 5.63. The third-order valence-electron chi connectivity index (χ3n) is 6.42. The molecule has 0 spiro atoms. The van der Waals surface area contributed by atoms with E-state index in [0.29, 0.717) is 29.6 Å². The third-order valence-corrected chi connectivity index (χ3v) is 6.42. The molecule has 3 atom stereocenters. The van der Waals surface area contributed by atoms with Gasteiger partial charge in [-0.15, -0.1) is 10.2 Å². The summed E-state index contributed by atoms with van der Waals surface area (Å²) in [5, 5.41) is 17.3. The van der Waals surface area contributed by atoms with Crippen LogP contribution in [0.2, 0.25) is 0 Å². The number of β-amino-alcohol motifs (C(OH)–C–C–N with tert-alkyl or cyclic N) is 1. The van der Waals surface area contributed by atoms with E-state index >= 15 is 0 Å². The fourth-order valence-electron chi connectivity index (χ4n) is 4.75. The Bertz CT molecular complexity index is 619. The van der Waals surface area contributed by atoms with Gasteiger partial charge in [0, 0.05) is 52.6 Å². The predicted octanol–water partition coefficient (Wildman–Crippen LogP) is 2.39. The lowest BCUT2D eigenvalue weighted by molar-refractivity contribution is 0.0887. The van der Waals surface area contributed by atoms with Crippen LogP contribution < -0.4 is 0 Å². The first-order valence-corrected chi connectivity index (χ1v) is 10.5. The molecule has 2 heterocycles. The summed E-state index contributed by atoms with van der Waals surface area (Å²) in [5.41, 5.74) is 1.48. The van der Waals surface area contributed by atoms with Gasteiger partial charge in [-0.25, -0.2) is 0 Å². The number of hydrogen-bond acceptors (Lipinski definition) is 6. The molecule has 1 aromatic heterocycles. The third kappa shape index (κ3) is 5.39. The van der Waals surface area contributed by atoms with E-state index in [2.05, 4.69) is 46.8 Å². The minimum atomic E-state index is 0.265. The summed E-state index contributed by atoms with van der Waals surface area (Å²) in [4.78, 5) is 4.97. The number of aromatic nitrogens is 2. The number of aliphatic hydroxyl groups excluding tert-OH is 1. The molecule has 0 saturated carbocycles. The Morgan fingerprint density at radius 3 is 2.44 bits per heavy atom. The van der Waals surface area contributed by atoms with Crippen molar-refractivity contribution in [2.24, 2.45) is 23.7 Å². The van der Waals surface area contributed by atoms with Crippen molar-refractivity contribution in [3.8, 4) is 0 Å². The fraction of sp³-hybridized carbons (Fsp3) is 0.810. The zero-order valence-electron chi connectivity index (χ0n) is 17.4. The summed E-state index contributed by atoms with van der Waals surface area (Å²) in [5.74, 6) is 3.91. The largest absolute Gasteiger partial charge is 0.426 e. The fourth-order valence-corrected chi connectivity index (χ4v) is 4.75. The zero-order valence-corrected chi connectivity index (χ0v) is 17.4. The molecule has 1 N–H and O–H groups in total. The topological polar surface area (TPSA) is 65.6 Å². The SMILES string of the molecule is CC1=C[C@@H](CN2CCN(CCO)CC2)[C@H](C(C)C)C[C@H]1Cc1nnc(C)o1. The average Bonchev–Trinajstić information content (AvgIpc) is 3.04. The Morgan fingerprint density at radius 1 is 1.15 bits per heavy atom. The van der Waals surface area contributed by atoms with Crippen LogP contribution in [0.3, 0.4) is 0 Å². The van der Waals surface area contributed by atoms with E-state index < -0.39 is 0 Å². The van der Waals surface area contributed by atoms with Crippen LogP contribution in [0, 0.1) is 30.6 Å². The molecular formula is C21H36N4O2. The van der Waals surface area contributed by atoms with Crippen LogP contribution in [0.1, 0.15) is 39.0 Å². The summed E-state index contributed by atoms with van der Waals surface area (Å²) in [7, 11) is 0. The number of hydrogen-bond donors (Lipinski definition) is 1. The van der Waals surface area contributed by atoms with E-state index in [4.69, 9.17) is 9.52 Å². The van der Waals surface area contributed by atoms with Crippen molar-refractivity contribution in [1.29, 1.82) is 0 Å². The Kier molecular flexibility index (Phi) is 7.06. The summed E-state index contributed by atoms with van der Waals surface area (Å²) in [6.45, 7) is 15.4. The van der Waals surface area contributed by atoms with Crippen molar-refractivity contribution in [3.05, 3.63) is 23.4 Å². The molecule has 1 aliphatic heterocycles. The van der Waals surface area contributed by atoms with Crippen LogP contribution in [-0.4, -0.2) is 71.0 Å². The molecule has 1 aromatic rings. The van der Waals surface area contributed by atoms with Crippen molar-refractivity contribution < 1.29 is 9.52 Å². The van der Waals surface area contributed by atoms with Crippen molar-refractivity contribution in [2.45, 2.75) is 40.5 Å². The summed E-state index contributed by atoms with van der Waals surface area (Å²) in [6, 6.07) is 0. The number of allylic oxidation sites excluding steroid dienone is 1. The van der Waals surface area contributed by atoms with Crippen molar-refractivity contribution in [2.75, 3.05) is 45.9 Å². The minimum absolute atomic E-state index is 0.265. The Morgan fingerprint density at radius 2 is 1.85 bits per heavy atom. The predicted molar refractivity (Wildman–Crippen MR) is 106 cm³/mol. The lowest BCUT2D eigenvalue weighted by Gasteiger charge is -2.41. The maximum Gasteiger partial charge on any atom is 0.217 e. The lowest BCUT2D eigenvalue weighted by atomic mass is 9.69. The van der Waals surface area contributed by atoms with Crippen molar-refractivity contribution >= 4 is 0 Å². The van der Waals surface area contributed by atoms with Gasteiger partial charge in [-0.05, 0) is 37.0 Å². The van der Waals surface area contributed by atoms with Gasteiger partial charge in [-0.1, -0.05) is 25.5 Å². The first kappa shape index (κ1) is 20.5. The van der Waals surface area contributed by atoms with Gasteiger partial charge >= 0.3 is 0 Å². The molecule has 6 heteroatoms. The van der Waals surface area contributed by atoms with Gasteiger partial charge in [0.15, 0.2) is 0 Å². The molecule has 1 saturated heterocycles. The van der Waals surface area contributed by atoms with Crippen molar-refractivity contribution in [3.63, 3.8) is 0 Å². The molecule has 1 fully saturated rings. The van der Waals surface area contributed by atoms with Crippen LogP contribution in [0.15, 0.2) is 16.1 Å². The van der Waals surface area contributed by atoms with Gasteiger partial charge in [0.2, 0.25) is 11.8 Å². The van der Waals surface area contributed by atoms with Gasteiger partial charge in [0.25, 0.3) is 0 Å². The highest BCUT2D eigenvalue weighted by Gasteiger charge is 2.33. The summed E-state index contributed by atoms with van der Waals surface area (Å²) in [6.07, 6.45) is 4.59. The molecule has 152 valence electrons. The highest BCUT2D eigenvalue weighted by atomic mass is 16.4. The summed E-state index contributed by atoms with van der Waals surface area (Å²) >= 11 is 0. The van der Waals surface area contributed by atoms with Crippen LogP contribution in [-0.2, 0) is 6.42 Å². The molecule has 2 aliphatic rings. The van der Waals surface area contributed by atoms with E-state index in [1.54, 1.807) is 0 Å². The van der Waals surface area contributed by atoms with E-state index in [1.165, 1.54) is 12.0 Å². The second kappa shape index (κ2) is 9.30. The molecule has 0 aromatic carbocycles. The first-order valence-electron chi connectivity index (χ1n) is 10.5. The van der Waals surface area contributed by atoms with Gasteiger partial charge in [-0.3, -0.25) is 4.90 Å². The molecule has 0 unspecified atom stereocenters. The van der Waals surface area contributed by atoms with Crippen LogP contribution in [0.25, 0.3) is 0 Å². The minimum Gasteiger partial charge on any atom is -0.426 e. The lowest BCUT2D eigenvalue weighted by Crippen LogP contribution is -2.49. The number of rotatable bonds is 7. The van der Waals surface area contributed by atoms with E-state index in [-0.39, 0.29) is 6.61 Å². The molecule has 27 heavy (non-hydrogen) atoms. The van der Waals surface area contributed by atoms with Gasteiger partial charge in [0.1, 0.15) is 0 Å². The highest BCUT2D eigenvalue weighted by Crippen LogP contribution is 2.39. The highest BCUT2D eigenvalue weighted by molar-refractivity contribution is 5.14. The number of piperazine rings is 1. The standard InChI is InChI=1S/C21H36N4O2/c1-15(2)20-12-18(13-21-23-22-17(4)27-21)16(3)11-19(20)14-25-7-5-24(6-8-25)9-10-26/h11,15,18-20,26H,5-10,12-14H2,1-4H3/t18-,19-,20-/m0/s1. The smallest absolute Gasteiger partial charge is 0.217 e. The van der Waals surface area contributed by atoms with Crippen LogP contribution in [0.4, 0.5) is 0 Å². The first-order chi connectivity index (χ1) is 13.0. The van der Waals surface area contributed by atoms with Gasteiger partial charge in [-0.2, -0.15) is 0 Å². The molecule has 6 nitrogen and oxygen atoms in total. The number of nitrogens with zero attached hydrogens (tertiary/aromatic N) is 4. The molecule has 0 radical (unpaired) electrons. The maximum atomic E-state index is 9.12. The van der Waals surface area contributed by atoms with Crippen LogP contribution in [0.5, 0.6) is 0 Å². The second-order valence-electron chi connectivity index (χ2n) is 8.70. The van der Waals surface area contributed by atoms with Crippen molar-refractivity contribution in [1.82, 2.24) is 20.0 Å². The molecule has 1 aliphatic carbocycles. The van der Waals surface area contributed by atoms with Crippen LogP contribution >= 0.6 is 0 Å². The normalized spacial score (nSPS) is 27.9. The van der Waals surface area contributed by atoms with Gasteiger partial charge in [0.05, 0.1) is 6.61 Å². The second-order valence-corrected chi connectivity index (χ2v) is 8.70.